The predicted octanol–water partition coefficient (Wildman–Crippen LogP) is 2.24. The minimum Gasteiger partial charge on any atom is -0.494 e. The fourth-order valence-corrected chi connectivity index (χ4v) is 1.58. The summed E-state index contributed by atoms with van der Waals surface area (Å²) in [6, 6.07) is 10.7. The first kappa shape index (κ1) is 13.7. The average molecular weight is 269 g/mol. The number of hydrogen-bond acceptors (Lipinski definition) is 4. The lowest BCUT2D eigenvalue weighted by atomic mass is 10.2. The van der Waals surface area contributed by atoms with Gasteiger partial charge in [-0.05, 0) is 36.8 Å². The van der Waals surface area contributed by atoms with Crippen LogP contribution in [-0.4, -0.2) is 23.7 Å². The molecule has 0 saturated carbocycles. The number of carbonyl (C=O) groups excluding carboxylic acids is 1. The summed E-state index contributed by atoms with van der Waals surface area (Å²) in [6.45, 7) is 2.54. The summed E-state index contributed by atoms with van der Waals surface area (Å²) in [5, 5.41) is 3.92. The highest BCUT2D eigenvalue weighted by Crippen LogP contribution is 2.11. The Bertz CT molecular complexity index is 597. The van der Waals surface area contributed by atoms with Gasteiger partial charge in [0, 0.05) is 18.0 Å². The molecular formula is C15H15N3O2. The Kier molecular flexibility index (Phi) is 4.83. The average Bonchev–Trinajstić information content (AvgIpc) is 2.49. The molecule has 20 heavy (non-hydrogen) atoms. The number of aromatic nitrogens is 1. The number of benzene rings is 1. The van der Waals surface area contributed by atoms with Gasteiger partial charge in [0.2, 0.25) is 0 Å². The molecule has 0 unspecified atom stereocenters. The van der Waals surface area contributed by atoms with Crippen molar-refractivity contribution in [2.24, 2.45) is 5.10 Å². The molecule has 0 aliphatic heterocycles. The lowest BCUT2D eigenvalue weighted by Gasteiger charge is -2.03. The quantitative estimate of drug-likeness (QED) is 0.669. The van der Waals surface area contributed by atoms with E-state index in [0.717, 1.165) is 11.3 Å². The SMILES string of the molecule is CCOc1cccc(C=NNC(=O)c2ccncc2)c1. The van der Waals surface area contributed by atoms with Crippen molar-refractivity contribution in [3.8, 4) is 5.75 Å². The number of carbonyl (C=O) groups is 1. The first-order valence-corrected chi connectivity index (χ1v) is 6.26. The summed E-state index contributed by atoms with van der Waals surface area (Å²) in [6.07, 6.45) is 4.69. The van der Waals surface area contributed by atoms with Crippen LogP contribution in [0.15, 0.2) is 53.9 Å². The van der Waals surface area contributed by atoms with Crippen LogP contribution in [0, 0.1) is 0 Å². The van der Waals surface area contributed by atoms with Gasteiger partial charge in [-0.15, -0.1) is 0 Å². The second kappa shape index (κ2) is 7.04. The van der Waals surface area contributed by atoms with E-state index >= 15 is 0 Å². The zero-order valence-electron chi connectivity index (χ0n) is 11.1. The molecule has 0 bridgehead atoms. The molecule has 1 heterocycles. The predicted molar refractivity (Wildman–Crippen MR) is 76.9 cm³/mol. The van der Waals surface area contributed by atoms with E-state index in [1.807, 2.05) is 31.2 Å². The third-order valence-corrected chi connectivity index (χ3v) is 2.49. The first-order valence-electron chi connectivity index (χ1n) is 6.26. The van der Waals surface area contributed by atoms with Crippen molar-refractivity contribution >= 4 is 12.1 Å². The molecule has 5 heteroatoms. The summed E-state index contributed by atoms with van der Waals surface area (Å²) in [5.74, 6) is 0.501. The van der Waals surface area contributed by atoms with Gasteiger partial charge in [0.15, 0.2) is 0 Å². The van der Waals surface area contributed by atoms with Crippen LogP contribution in [0.25, 0.3) is 0 Å². The molecule has 0 atom stereocenters. The second-order valence-corrected chi connectivity index (χ2v) is 3.94. The highest BCUT2D eigenvalue weighted by Gasteiger charge is 2.01. The van der Waals surface area contributed by atoms with Crippen molar-refractivity contribution in [1.82, 2.24) is 10.4 Å². The third-order valence-electron chi connectivity index (χ3n) is 2.49. The fourth-order valence-electron chi connectivity index (χ4n) is 1.58. The number of rotatable bonds is 5. The lowest BCUT2D eigenvalue weighted by Crippen LogP contribution is -2.17. The summed E-state index contributed by atoms with van der Waals surface area (Å²) in [5.41, 5.74) is 3.83. The van der Waals surface area contributed by atoms with Crippen LogP contribution in [-0.2, 0) is 0 Å². The first-order chi connectivity index (χ1) is 9.79. The maximum absolute atomic E-state index is 11.7. The lowest BCUT2D eigenvalue weighted by molar-refractivity contribution is 0.0955. The van der Waals surface area contributed by atoms with E-state index in [-0.39, 0.29) is 5.91 Å². The number of pyridine rings is 1. The second-order valence-electron chi connectivity index (χ2n) is 3.94. The van der Waals surface area contributed by atoms with Crippen LogP contribution in [0.3, 0.4) is 0 Å². The maximum atomic E-state index is 11.7. The molecule has 0 aliphatic carbocycles. The van der Waals surface area contributed by atoms with E-state index in [1.165, 1.54) is 0 Å². The number of nitrogens with zero attached hydrogens (tertiary/aromatic N) is 2. The van der Waals surface area contributed by atoms with Gasteiger partial charge in [-0.1, -0.05) is 12.1 Å². The third kappa shape index (κ3) is 3.91. The number of nitrogens with one attached hydrogen (secondary N) is 1. The number of amides is 1. The highest BCUT2D eigenvalue weighted by atomic mass is 16.5. The van der Waals surface area contributed by atoms with Gasteiger partial charge in [-0.2, -0.15) is 5.10 Å². The molecule has 0 fully saturated rings. The molecule has 5 nitrogen and oxygen atoms in total. The molecular weight excluding hydrogens is 254 g/mol. The van der Waals surface area contributed by atoms with Crippen molar-refractivity contribution in [3.05, 3.63) is 59.9 Å². The Morgan fingerprint density at radius 3 is 2.90 bits per heavy atom. The van der Waals surface area contributed by atoms with E-state index in [0.29, 0.717) is 12.2 Å². The molecule has 0 aliphatic rings. The molecule has 0 radical (unpaired) electrons. The molecule has 1 N–H and O–H groups in total. The summed E-state index contributed by atoms with van der Waals surface area (Å²) < 4.78 is 5.39. The zero-order chi connectivity index (χ0) is 14.2. The van der Waals surface area contributed by atoms with Gasteiger partial charge >= 0.3 is 0 Å². The maximum Gasteiger partial charge on any atom is 0.271 e. The molecule has 1 aromatic heterocycles. The van der Waals surface area contributed by atoms with E-state index in [9.17, 15) is 4.79 Å². The van der Waals surface area contributed by atoms with Gasteiger partial charge in [-0.25, -0.2) is 5.43 Å². The van der Waals surface area contributed by atoms with Crippen molar-refractivity contribution in [1.29, 1.82) is 0 Å². The number of hydrogen-bond donors (Lipinski definition) is 1. The van der Waals surface area contributed by atoms with E-state index in [2.05, 4.69) is 15.5 Å². The van der Waals surface area contributed by atoms with Gasteiger partial charge in [0.1, 0.15) is 5.75 Å². The van der Waals surface area contributed by atoms with E-state index in [1.54, 1.807) is 30.7 Å². The van der Waals surface area contributed by atoms with Crippen LogP contribution in [0.4, 0.5) is 0 Å². The fraction of sp³-hybridized carbons (Fsp3) is 0.133. The Labute approximate surface area is 117 Å². The van der Waals surface area contributed by atoms with Gasteiger partial charge < -0.3 is 4.74 Å². The van der Waals surface area contributed by atoms with E-state index in [4.69, 9.17) is 4.74 Å². The normalized spacial score (nSPS) is 10.4. The van der Waals surface area contributed by atoms with Crippen molar-refractivity contribution in [3.63, 3.8) is 0 Å². The Hall–Kier alpha value is -2.69. The minimum atomic E-state index is -0.274. The summed E-state index contributed by atoms with van der Waals surface area (Å²) >= 11 is 0. The monoisotopic (exact) mass is 269 g/mol. The number of hydrazone groups is 1. The smallest absolute Gasteiger partial charge is 0.271 e. The van der Waals surface area contributed by atoms with Crippen LogP contribution in [0.5, 0.6) is 5.75 Å². The van der Waals surface area contributed by atoms with Gasteiger partial charge in [0.25, 0.3) is 5.91 Å². The molecule has 2 rings (SSSR count). The molecule has 2 aromatic rings. The molecule has 1 aromatic carbocycles. The molecule has 0 spiro atoms. The topological polar surface area (TPSA) is 63.6 Å². The largest absolute Gasteiger partial charge is 0.494 e. The standard InChI is InChI=1S/C15H15N3O2/c1-2-20-14-5-3-4-12(10-14)11-17-18-15(19)13-6-8-16-9-7-13/h3-11H,2H2,1H3,(H,18,19). The highest BCUT2D eigenvalue weighted by molar-refractivity contribution is 5.94. The van der Waals surface area contributed by atoms with Crippen molar-refractivity contribution in [2.75, 3.05) is 6.61 Å². The summed E-state index contributed by atoms with van der Waals surface area (Å²) in [7, 11) is 0. The summed E-state index contributed by atoms with van der Waals surface area (Å²) in [4.78, 5) is 15.6. The Morgan fingerprint density at radius 1 is 1.35 bits per heavy atom. The Morgan fingerprint density at radius 2 is 2.15 bits per heavy atom. The van der Waals surface area contributed by atoms with E-state index < -0.39 is 0 Å². The van der Waals surface area contributed by atoms with Crippen molar-refractivity contribution < 1.29 is 9.53 Å². The zero-order valence-corrected chi connectivity index (χ0v) is 11.1. The Balaban J connectivity index is 1.96. The molecule has 102 valence electrons. The van der Waals surface area contributed by atoms with Crippen LogP contribution in [0.1, 0.15) is 22.8 Å². The molecule has 0 saturated heterocycles. The van der Waals surface area contributed by atoms with Crippen LogP contribution >= 0.6 is 0 Å². The molecule has 1 amide bonds. The van der Waals surface area contributed by atoms with Crippen LogP contribution in [0.2, 0.25) is 0 Å². The number of ether oxygens (including phenoxy) is 1. The van der Waals surface area contributed by atoms with Gasteiger partial charge in [-0.3, -0.25) is 9.78 Å². The van der Waals surface area contributed by atoms with Crippen molar-refractivity contribution in [2.45, 2.75) is 6.92 Å². The van der Waals surface area contributed by atoms with Gasteiger partial charge in [0.05, 0.1) is 12.8 Å². The van der Waals surface area contributed by atoms with Crippen LogP contribution < -0.4 is 10.2 Å². The minimum absolute atomic E-state index is 0.274.